The first kappa shape index (κ1) is 22.9. The minimum Gasteiger partial charge on any atom is -0.488 e. The average Bonchev–Trinajstić information content (AvgIpc) is 2.80. The van der Waals surface area contributed by atoms with Crippen LogP contribution >= 0.6 is 23.2 Å². The minimum absolute atomic E-state index is 0.0837. The van der Waals surface area contributed by atoms with Crippen LogP contribution in [0.5, 0.6) is 5.75 Å². The van der Waals surface area contributed by atoms with Crippen molar-refractivity contribution >= 4 is 34.2 Å². The van der Waals surface area contributed by atoms with Crippen LogP contribution in [-0.2, 0) is 14.3 Å². The van der Waals surface area contributed by atoms with Gasteiger partial charge in [0.25, 0.3) is 0 Å². The van der Waals surface area contributed by atoms with Crippen molar-refractivity contribution in [2.75, 3.05) is 13.2 Å². The van der Waals surface area contributed by atoms with Crippen molar-refractivity contribution in [1.82, 2.24) is 0 Å². The predicted octanol–water partition coefficient (Wildman–Crippen LogP) is 6.22. The Hall–Kier alpha value is -2.31. The molecule has 2 heterocycles. The van der Waals surface area contributed by atoms with E-state index in [1.807, 2.05) is 42.5 Å². The van der Waals surface area contributed by atoms with E-state index in [2.05, 4.69) is 0 Å². The maximum absolute atomic E-state index is 10.7. The largest absolute Gasteiger partial charge is 0.488 e. The van der Waals surface area contributed by atoms with Gasteiger partial charge >= 0.3 is 5.97 Å². The molecule has 0 bridgehead atoms. The van der Waals surface area contributed by atoms with Gasteiger partial charge in [-0.2, -0.15) is 0 Å². The SMILES string of the molecule is O=C(O)CC/C=C\CC1COC(C2=C(Cl)c3cc(Cl)ccc3OC2)OC1c1ccccc1. The van der Waals surface area contributed by atoms with Crippen LogP contribution in [0.4, 0.5) is 0 Å². The number of hydrogen-bond donors (Lipinski definition) is 1. The second kappa shape index (κ2) is 10.5. The minimum atomic E-state index is -0.799. The van der Waals surface area contributed by atoms with Gasteiger partial charge in [0, 0.05) is 28.5 Å². The zero-order chi connectivity index (χ0) is 22.5. The summed E-state index contributed by atoms with van der Waals surface area (Å²) in [6.07, 6.45) is 4.42. The second-order valence-corrected chi connectivity index (χ2v) is 8.62. The van der Waals surface area contributed by atoms with Crippen LogP contribution in [0.2, 0.25) is 5.02 Å². The monoisotopic (exact) mass is 474 g/mol. The number of halogens is 2. The van der Waals surface area contributed by atoms with Crippen molar-refractivity contribution in [2.24, 2.45) is 5.92 Å². The maximum Gasteiger partial charge on any atom is 0.303 e. The molecule has 2 aromatic rings. The van der Waals surface area contributed by atoms with Gasteiger partial charge in [0.05, 0.1) is 17.7 Å². The van der Waals surface area contributed by atoms with Crippen LogP contribution < -0.4 is 4.74 Å². The van der Waals surface area contributed by atoms with Gasteiger partial charge in [-0.05, 0) is 36.6 Å². The van der Waals surface area contributed by atoms with Crippen molar-refractivity contribution in [1.29, 1.82) is 0 Å². The Balaban J connectivity index is 1.53. The van der Waals surface area contributed by atoms with Gasteiger partial charge < -0.3 is 19.3 Å². The highest BCUT2D eigenvalue weighted by atomic mass is 35.5. The summed E-state index contributed by atoms with van der Waals surface area (Å²) < 4.78 is 18.4. The molecule has 168 valence electrons. The molecule has 0 aromatic heterocycles. The van der Waals surface area contributed by atoms with Gasteiger partial charge in [-0.3, -0.25) is 4.79 Å². The quantitative estimate of drug-likeness (QED) is 0.482. The van der Waals surface area contributed by atoms with Crippen LogP contribution in [0.3, 0.4) is 0 Å². The molecule has 0 amide bonds. The number of benzene rings is 2. The van der Waals surface area contributed by atoms with Gasteiger partial charge in [-0.15, -0.1) is 0 Å². The summed E-state index contributed by atoms with van der Waals surface area (Å²) in [4.78, 5) is 10.7. The molecule has 2 aliphatic heterocycles. The Morgan fingerprint density at radius 2 is 1.94 bits per heavy atom. The van der Waals surface area contributed by atoms with Crippen LogP contribution in [-0.4, -0.2) is 30.6 Å². The van der Waals surface area contributed by atoms with Crippen molar-refractivity contribution < 1.29 is 24.1 Å². The molecule has 0 saturated carbocycles. The first-order valence-corrected chi connectivity index (χ1v) is 11.3. The predicted molar refractivity (Wildman–Crippen MR) is 124 cm³/mol. The summed E-state index contributed by atoms with van der Waals surface area (Å²) in [7, 11) is 0. The van der Waals surface area contributed by atoms with Gasteiger partial charge in [0.1, 0.15) is 12.4 Å². The summed E-state index contributed by atoms with van der Waals surface area (Å²) >= 11 is 12.9. The van der Waals surface area contributed by atoms with Gasteiger partial charge in [0.2, 0.25) is 0 Å². The van der Waals surface area contributed by atoms with E-state index < -0.39 is 12.3 Å². The molecule has 32 heavy (non-hydrogen) atoms. The molecule has 3 unspecified atom stereocenters. The van der Waals surface area contributed by atoms with Gasteiger partial charge in [0.15, 0.2) is 6.29 Å². The lowest BCUT2D eigenvalue weighted by atomic mass is 9.91. The molecule has 1 fully saturated rings. The number of aliphatic carboxylic acids is 1. The van der Waals surface area contributed by atoms with E-state index in [-0.39, 0.29) is 25.0 Å². The third-order valence-corrected chi connectivity index (χ3v) is 6.23. The fraction of sp³-hybridized carbons (Fsp3) is 0.320. The Kier molecular flexibility index (Phi) is 7.53. The fourth-order valence-electron chi connectivity index (χ4n) is 3.91. The van der Waals surface area contributed by atoms with E-state index in [0.29, 0.717) is 35.3 Å². The molecular weight excluding hydrogens is 451 g/mol. The number of carboxylic acid groups (broad SMARTS) is 1. The van der Waals surface area contributed by atoms with Crippen molar-refractivity contribution in [3.8, 4) is 5.75 Å². The summed E-state index contributed by atoms with van der Waals surface area (Å²) in [6.45, 7) is 0.753. The molecule has 5 nitrogen and oxygen atoms in total. The highest BCUT2D eigenvalue weighted by Gasteiger charge is 2.36. The first-order chi connectivity index (χ1) is 15.5. The molecule has 4 rings (SSSR count). The molecule has 2 aromatic carbocycles. The van der Waals surface area contributed by atoms with Gasteiger partial charge in [-0.1, -0.05) is 65.7 Å². The Labute approximate surface area is 197 Å². The molecule has 0 radical (unpaired) electrons. The van der Waals surface area contributed by atoms with Crippen LogP contribution in [0.1, 0.15) is 36.5 Å². The summed E-state index contributed by atoms with van der Waals surface area (Å²) in [6, 6.07) is 15.4. The van der Waals surface area contributed by atoms with Crippen molar-refractivity contribution in [3.63, 3.8) is 0 Å². The van der Waals surface area contributed by atoms with E-state index in [0.717, 1.165) is 16.7 Å². The molecule has 0 aliphatic carbocycles. The molecule has 2 aliphatic rings. The van der Waals surface area contributed by atoms with Crippen molar-refractivity contribution in [3.05, 3.63) is 82.4 Å². The molecule has 7 heteroatoms. The lowest BCUT2D eigenvalue weighted by molar-refractivity contribution is -0.222. The number of hydrogen-bond acceptors (Lipinski definition) is 4. The van der Waals surface area contributed by atoms with Crippen molar-refractivity contribution in [2.45, 2.75) is 31.7 Å². The molecule has 0 spiro atoms. The van der Waals surface area contributed by atoms with Crippen LogP contribution in [0.25, 0.3) is 5.03 Å². The number of carboxylic acids is 1. The van der Waals surface area contributed by atoms with E-state index >= 15 is 0 Å². The van der Waals surface area contributed by atoms with E-state index in [1.165, 1.54) is 0 Å². The topological polar surface area (TPSA) is 65.0 Å². The summed E-state index contributed by atoms with van der Waals surface area (Å²) in [5.74, 6) is -0.0324. The first-order valence-electron chi connectivity index (χ1n) is 10.5. The third-order valence-electron chi connectivity index (χ3n) is 5.55. The lowest BCUT2D eigenvalue weighted by Gasteiger charge is -2.38. The zero-order valence-electron chi connectivity index (χ0n) is 17.4. The third kappa shape index (κ3) is 5.36. The zero-order valence-corrected chi connectivity index (χ0v) is 18.9. The molecule has 1 saturated heterocycles. The van der Waals surface area contributed by atoms with E-state index in [1.54, 1.807) is 18.2 Å². The lowest BCUT2D eigenvalue weighted by Crippen LogP contribution is -2.37. The normalized spacial score (nSPS) is 23.1. The summed E-state index contributed by atoms with van der Waals surface area (Å²) in [5, 5.41) is 9.91. The molecule has 3 atom stereocenters. The number of rotatable bonds is 7. The van der Waals surface area contributed by atoms with E-state index in [4.69, 9.17) is 42.5 Å². The average molecular weight is 475 g/mol. The molecule has 1 N–H and O–H groups in total. The molecular formula is C25H24Cl2O5. The maximum atomic E-state index is 10.7. The van der Waals surface area contributed by atoms with Crippen LogP contribution in [0.15, 0.2) is 66.3 Å². The number of carbonyl (C=O) groups is 1. The summed E-state index contributed by atoms with van der Waals surface area (Å²) in [5.41, 5.74) is 2.52. The Morgan fingerprint density at radius 1 is 1.12 bits per heavy atom. The fourth-order valence-corrected chi connectivity index (χ4v) is 4.37. The number of fused-ring (bicyclic) bond motifs is 1. The second-order valence-electron chi connectivity index (χ2n) is 7.80. The van der Waals surface area contributed by atoms with Gasteiger partial charge in [-0.25, -0.2) is 0 Å². The highest BCUT2D eigenvalue weighted by molar-refractivity contribution is 6.50. The Bertz CT molecular complexity index is 1020. The number of ether oxygens (including phenoxy) is 3. The standard InChI is InChI=1S/C25H24Cl2O5/c26-18-11-12-21-19(13-18)23(27)20(15-30-21)25-31-14-17(9-5-2-6-10-22(28)29)24(32-25)16-7-3-1-4-8-16/h1-5,7-8,11-13,17,24-25H,6,9-10,14-15H2,(H,28,29)/b5-2-. The Morgan fingerprint density at radius 3 is 2.72 bits per heavy atom. The van der Waals surface area contributed by atoms with E-state index in [9.17, 15) is 4.79 Å². The van der Waals surface area contributed by atoms with Crippen LogP contribution in [0, 0.1) is 5.92 Å². The number of allylic oxidation sites excluding steroid dienone is 2. The smallest absolute Gasteiger partial charge is 0.303 e. The highest BCUT2D eigenvalue weighted by Crippen LogP contribution is 2.42.